The van der Waals surface area contributed by atoms with E-state index in [1.165, 1.54) is 7.11 Å². The fourth-order valence-corrected chi connectivity index (χ4v) is 3.09. The molecule has 0 radical (unpaired) electrons. The zero-order valence-electron chi connectivity index (χ0n) is 16.2. The summed E-state index contributed by atoms with van der Waals surface area (Å²) in [7, 11) is 1.32. The minimum Gasteiger partial charge on any atom is -0.467 e. The summed E-state index contributed by atoms with van der Waals surface area (Å²) in [5, 5.41) is 2.80. The molecule has 1 aliphatic heterocycles. The van der Waals surface area contributed by atoms with E-state index in [9.17, 15) is 14.4 Å². The summed E-state index contributed by atoms with van der Waals surface area (Å²) in [6, 6.07) is 9.01. The molecule has 6 nitrogen and oxygen atoms in total. The first-order valence-corrected chi connectivity index (χ1v) is 9.32. The lowest BCUT2D eigenvalue weighted by Gasteiger charge is -2.31. The summed E-state index contributed by atoms with van der Waals surface area (Å²) in [5.74, 6) is -0.875. The van der Waals surface area contributed by atoms with Crippen molar-refractivity contribution in [1.82, 2.24) is 10.2 Å². The number of hydrogen-bond acceptors (Lipinski definition) is 4. The first-order valence-electron chi connectivity index (χ1n) is 9.32. The predicted octanol–water partition coefficient (Wildman–Crippen LogP) is 2.25. The highest BCUT2D eigenvalue weighted by Crippen LogP contribution is 2.19. The normalized spacial score (nSPS) is 16.4. The monoisotopic (exact) mass is 372 g/mol. The molecule has 1 aromatic rings. The van der Waals surface area contributed by atoms with Gasteiger partial charge in [-0.05, 0) is 30.4 Å². The zero-order chi connectivity index (χ0) is 19.8. The quantitative estimate of drug-likeness (QED) is 0.614. The lowest BCUT2D eigenvalue weighted by molar-refractivity contribution is -0.147. The van der Waals surface area contributed by atoms with Crippen molar-refractivity contribution in [2.24, 2.45) is 11.8 Å². The van der Waals surface area contributed by atoms with Crippen LogP contribution in [0.1, 0.15) is 32.3 Å². The molecule has 2 amide bonds. The summed E-state index contributed by atoms with van der Waals surface area (Å²) >= 11 is 0. The lowest BCUT2D eigenvalue weighted by atomic mass is 9.94. The van der Waals surface area contributed by atoms with Crippen LogP contribution in [0.15, 0.2) is 36.4 Å². The van der Waals surface area contributed by atoms with Gasteiger partial charge >= 0.3 is 5.97 Å². The molecule has 0 aromatic heterocycles. The molecule has 2 rings (SSSR count). The highest BCUT2D eigenvalue weighted by molar-refractivity contribution is 5.92. The van der Waals surface area contributed by atoms with E-state index in [0.29, 0.717) is 25.9 Å². The minimum absolute atomic E-state index is 0.0488. The second-order valence-corrected chi connectivity index (χ2v) is 7.10. The molecule has 1 saturated heterocycles. The molecule has 0 spiro atoms. The number of likely N-dealkylation sites (tertiary alicyclic amines) is 1. The van der Waals surface area contributed by atoms with Crippen LogP contribution in [0, 0.1) is 11.8 Å². The van der Waals surface area contributed by atoms with Gasteiger partial charge in [-0.15, -0.1) is 0 Å². The van der Waals surface area contributed by atoms with Gasteiger partial charge < -0.3 is 15.0 Å². The Morgan fingerprint density at radius 3 is 2.33 bits per heavy atom. The van der Waals surface area contributed by atoms with E-state index in [-0.39, 0.29) is 23.7 Å². The predicted molar refractivity (Wildman–Crippen MR) is 104 cm³/mol. The maximum atomic E-state index is 12.5. The van der Waals surface area contributed by atoms with Gasteiger partial charge in [0.1, 0.15) is 6.04 Å². The van der Waals surface area contributed by atoms with Crippen molar-refractivity contribution in [3.63, 3.8) is 0 Å². The number of carbonyl (C=O) groups is 3. The second-order valence-electron chi connectivity index (χ2n) is 7.10. The molecule has 6 heteroatoms. The Morgan fingerprint density at radius 2 is 1.78 bits per heavy atom. The summed E-state index contributed by atoms with van der Waals surface area (Å²) in [5.41, 5.74) is 0.975. The molecule has 0 aliphatic carbocycles. The minimum atomic E-state index is -0.643. The molecular formula is C21H28N2O4. The van der Waals surface area contributed by atoms with Crippen LogP contribution in [0.3, 0.4) is 0 Å². The smallest absolute Gasteiger partial charge is 0.328 e. The zero-order valence-corrected chi connectivity index (χ0v) is 16.2. The van der Waals surface area contributed by atoms with Crippen LogP contribution in [0.2, 0.25) is 0 Å². The summed E-state index contributed by atoms with van der Waals surface area (Å²) in [4.78, 5) is 38.4. The standard InChI is InChI=1S/C21H28N2O4/c1-15(2)19(21(26)27-3)22-20(25)17-11-13-23(14-12-17)18(24)10-9-16-7-5-4-6-8-16/h4-10,15,17,19H,11-14H2,1-3H3,(H,22,25). The maximum absolute atomic E-state index is 12.5. The lowest BCUT2D eigenvalue weighted by Crippen LogP contribution is -2.49. The fourth-order valence-electron chi connectivity index (χ4n) is 3.09. The average molecular weight is 372 g/mol. The third-order valence-corrected chi connectivity index (χ3v) is 4.81. The van der Waals surface area contributed by atoms with Crippen molar-refractivity contribution in [2.45, 2.75) is 32.7 Å². The van der Waals surface area contributed by atoms with Gasteiger partial charge in [0, 0.05) is 25.1 Å². The molecule has 1 aromatic carbocycles. The Labute approximate surface area is 160 Å². The first-order chi connectivity index (χ1) is 12.9. The number of hydrogen-bond donors (Lipinski definition) is 1. The molecule has 146 valence electrons. The Hall–Kier alpha value is -2.63. The van der Waals surface area contributed by atoms with Crippen LogP contribution in [0.4, 0.5) is 0 Å². The Kier molecular flexibility index (Phi) is 7.58. The number of nitrogens with one attached hydrogen (secondary N) is 1. The maximum Gasteiger partial charge on any atom is 0.328 e. The third kappa shape index (κ3) is 5.94. The van der Waals surface area contributed by atoms with Crippen LogP contribution in [-0.2, 0) is 19.1 Å². The van der Waals surface area contributed by atoms with Crippen molar-refractivity contribution in [3.05, 3.63) is 42.0 Å². The van der Waals surface area contributed by atoms with E-state index in [1.807, 2.05) is 44.2 Å². The number of esters is 1. The van der Waals surface area contributed by atoms with E-state index in [0.717, 1.165) is 5.56 Å². The number of piperidine rings is 1. The highest BCUT2D eigenvalue weighted by atomic mass is 16.5. The van der Waals surface area contributed by atoms with Crippen LogP contribution in [0.5, 0.6) is 0 Å². The number of ether oxygens (including phenoxy) is 1. The van der Waals surface area contributed by atoms with Crippen molar-refractivity contribution >= 4 is 23.9 Å². The molecule has 1 unspecified atom stereocenters. The van der Waals surface area contributed by atoms with Crippen molar-refractivity contribution in [2.75, 3.05) is 20.2 Å². The second kappa shape index (κ2) is 9.90. The number of nitrogens with zero attached hydrogens (tertiary/aromatic N) is 1. The van der Waals surface area contributed by atoms with Gasteiger partial charge in [-0.25, -0.2) is 4.79 Å². The number of benzene rings is 1. The van der Waals surface area contributed by atoms with Gasteiger partial charge in [-0.2, -0.15) is 0 Å². The molecule has 1 atom stereocenters. The van der Waals surface area contributed by atoms with Gasteiger partial charge in [0.05, 0.1) is 7.11 Å². The summed E-state index contributed by atoms with van der Waals surface area (Å²) < 4.78 is 4.76. The molecule has 27 heavy (non-hydrogen) atoms. The van der Waals surface area contributed by atoms with Crippen molar-refractivity contribution in [1.29, 1.82) is 0 Å². The van der Waals surface area contributed by atoms with E-state index in [4.69, 9.17) is 4.74 Å². The molecule has 1 heterocycles. The topological polar surface area (TPSA) is 75.7 Å². The van der Waals surface area contributed by atoms with E-state index in [1.54, 1.807) is 17.1 Å². The van der Waals surface area contributed by atoms with E-state index < -0.39 is 12.0 Å². The Bertz CT molecular complexity index is 677. The third-order valence-electron chi connectivity index (χ3n) is 4.81. The summed E-state index contributed by atoms with van der Waals surface area (Å²) in [6.07, 6.45) is 4.54. The molecule has 0 saturated carbocycles. The fraction of sp³-hybridized carbons (Fsp3) is 0.476. The Morgan fingerprint density at radius 1 is 1.15 bits per heavy atom. The average Bonchev–Trinajstić information content (AvgIpc) is 2.70. The highest BCUT2D eigenvalue weighted by Gasteiger charge is 2.31. The number of rotatable bonds is 6. The van der Waals surface area contributed by atoms with Crippen molar-refractivity contribution in [3.8, 4) is 0 Å². The molecule has 1 N–H and O–H groups in total. The molecule has 1 aliphatic rings. The number of carbonyl (C=O) groups excluding carboxylic acids is 3. The largest absolute Gasteiger partial charge is 0.467 e. The van der Waals surface area contributed by atoms with Crippen molar-refractivity contribution < 1.29 is 19.1 Å². The molecule has 1 fully saturated rings. The van der Waals surface area contributed by atoms with Gasteiger partial charge in [0.15, 0.2) is 0 Å². The van der Waals surface area contributed by atoms with Crippen LogP contribution >= 0.6 is 0 Å². The van der Waals surface area contributed by atoms with Crippen LogP contribution in [0.25, 0.3) is 6.08 Å². The van der Waals surface area contributed by atoms with Gasteiger partial charge in [-0.3, -0.25) is 9.59 Å². The van der Waals surface area contributed by atoms with Gasteiger partial charge in [0.2, 0.25) is 11.8 Å². The SMILES string of the molecule is COC(=O)C(NC(=O)C1CCN(C(=O)C=Cc2ccccc2)CC1)C(C)C. The summed E-state index contributed by atoms with van der Waals surface area (Å²) in [6.45, 7) is 4.78. The van der Waals surface area contributed by atoms with Gasteiger partial charge in [0.25, 0.3) is 0 Å². The van der Waals surface area contributed by atoms with E-state index >= 15 is 0 Å². The Balaban J connectivity index is 1.85. The van der Waals surface area contributed by atoms with Crippen LogP contribution in [-0.4, -0.2) is 48.9 Å². The van der Waals surface area contributed by atoms with E-state index in [2.05, 4.69) is 5.32 Å². The number of amides is 2. The number of methoxy groups -OCH3 is 1. The van der Waals surface area contributed by atoms with Gasteiger partial charge in [-0.1, -0.05) is 44.2 Å². The molecule has 0 bridgehead atoms. The first kappa shape index (κ1) is 20.7. The van der Waals surface area contributed by atoms with Crippen LogP contribution < -0.4 is 5.32 Å². The molecular weight excluding hydrogens is 344 g/mol.